The predicted molar refractivity (Wildman–Crippen MR) is 51.2 cm³/mol. The Bertz CT molecular complexity index is 463. The van der Waals surface area contributed by atoms with Crippen LogP contribution in [0.25, 0.3) is 10.9 Å². The second-order valence-corrected chi connectivity index (χ2v) is 3.20. The van der Waals surface area contributed by atoms with Gasteiger partial charge in [0, 0.05) is 11.1 Å². The van der Waals surface area contributed by atoms with Crippen LogP contribution < -0.4 is 0 Å². The molecule has 2 aromatic rings. The highest BCUT2D eigenvalue weighted by atomic mass is 19.1. The zero-order chi connectivity index (χ0) is 9.42. The molecule has 0 aliphatic carbocycles. The molecule has 0 spiro atoms. The fraction of sp³-hybridized carbons (Fsp3) is 0.182. The summed E-state index contributed by atoms with van der Waals surface area (Å²) < 4.78 is 13.2. The van der Waals surface area contributed by atoms with Crippen LogP contribution >= 0.6 is 0 Å². The van der Waals surface area contributed by atoms with Crippen molar-refractivity contribution in [3.8, 4) is 0 Å². The highest BCUT2D eigenvalue weighted by molar-refractivity contribution is 5.79. The van der Waals surface area contributed by atoms with Gasteiger partial charge in [-0.05, 0) is 31.5 Å². The Morgan fingerprint density at radius 3 is 2.77 bits per heavy atom. The van der Waals surface area contributed by atoms with E-state index in [0.29, 0.717) is 5.52 Å². The molecule has 13 heavy (non-hydrogen) atoms. The van der Waals surface area contributed by atoms with Crippen LogP contribution in [0.4, 0.5) is 4.39 Å². The molecular weight excluding hydrogens is 165 g/mol. The molecule has 2 heteroatoms. The van der Waals surface area contributed by atoms with Crippen molar-refractivity contribution in [3.05, 3.63) is 41.3 Å². The van der Waals surface area contributed by atoms with E-state index in [0.717, 1.165) is 16.6 Å². The number of para-hydroxylation sites is 1. The molecule has 0 saturated heterocycles. The molecule has 0 amide bonds. The largest absolute Gasteiger partial charge is 0.250 e. The van der Waals surface area contributed by atoms with Gasteiger partial charge in [0.05, 0.1) is 0 Å². The van der Waals surface area contributed by atoms with E-state index in [1.54, 1.807) is 6.07 Å². The third kappa shape index (κ3) is 1.28. The number of fused-ring (bicyclic) bond motifs is 1. The fourth-order valence-corrected chi connectivity index (χ4v) is 1.36. The SMILES string of the molecule is Cc1cc2cccc(F)c2nc1C. The molecule has 1 nitrogen and oxygen atoms in total. The number of pyridine rings is 1. The normalized spacial score (nSPS) is 10.7. The summed E-state index contributed by atoms with van der Waals surface area (Å²) in [5.74, 6) is -0.249. The monoisotopic (exact) mass is 175 g/mol. The number of hydrogen-bond acceptors (Lipinski definition) is 1. The smallest absolute Gasteiger partial charge is 0.149 e. The van der Waals surface area contributed by atoms with Crippen molar-refractivity contribution in [2.45, 2.75) is 13.8 Å². The van der Waals surface area contributed by atoms with Gasteiger partial charge >= 0.3 is 0 Å². The van der Waals surface area contributed by atoms with E-state index in [9.17, 15) is 4.39 Å². The fourth-order valence-electron chi connectivity index (χ4n) is 1.36. The minimum Gasteiger partial charge on any atom is -0.250 e. The highest BCUT2D eigenvalue weighted by Gasteiger charge is 2.03. The van der Waals surface area contributed by atoms with Crippen molar-refractivity contribution in [1.82, 2.24) is 4.98 Å². The molecule has 0 bridgehead atoms. The number of hydrogen-bond donors (Lipinski definition) is 0. The van der Waals surface area contributed by atoms with Crippen LogP contribution in [0.5, 0.6) is 0 Å². The molecule has 0 radical (unpaired) electrons. The second-order valence-electron chi connectivity index (χ2n) is 3.20. The second kappa shape index (κ2) is 2.80. The predicted octanol–water partition coefficient (Wildman–Crippen LogP) is 2.99. The zero-order valence-electron chi connectivity index (χ0n) is 7.63. The van der Waals surface area contributed by atoms with Gasteiger partial charge in [0.15, 0.2) is 0 Å². The standard InChI is InChI=1S/C11H10FN/c1-7-6-9-4-3-5-10(12)11(9)13-8(7)2/h3-6H,1-2H3. The highest BCUT2D eigenvalue weighted by Crippen LogP contribution is 2.18. The Morgan fingerprint density at radius 1 is 1.23 bits per heavy atom. The molecule has 2 rings (SSSR count). The van der Waals surface area contributed by atoms with Gasteiger partial charge in [-0.2, -0.15) is 0 Å². The first-order chi connectivity index (χ1) is 6.18. The van der Waals surface area contributed by atoms with Gasteiger partial charge in [-0.25, -0.2) is 9.37 Å². The minimum atomic E-state index is -0.249. The van der Waals surface area contributed by atoms with Crippen LogP contribution in [0.1, 0.15) is 11.3 Å². The molecule has 1 aromatic carbocycles. The maximum atomic E-state index is 13.2. The number of rotatable bonds is 0. The van der Waals surface area contributed by atoms with Crippen molar-refractivity contribution in [1.29, 1.82) is 0 Å². The maximum Gasteiger partial charge on any atom is 0.149 e. The van der Waals surface area contributed by atoms with E-state index in [1.165, 1.54) is 6.07 Å². The number of aryl methyl sites for hydroxylation is 2. The van der Waals surface area contributed by atoms with Gasteiger partial charge in [-0.3, -0.25) is 0 Å². The van der Waals surface area contributed by atoms with Gasteiger partial charge in [0.1, 0.15) is 11.3 Å². The molecule has 0 aliphatic heterocycles. The van der Waals surface area contributed by atoms with E-state index in [4.69, 9.17) is 0 Å². The summed E-state index contributed by atoms with van der Waals surface area (Å²) in [7, 11) is 0. The van der Waals surface area contributed by atoms with Gasteiger partial charge in [0.25, 0.3) is 0 Å². The Balaban J connectivity index is 2.89. The van der Waals surface area contributed by atoms with Gasteiger partial charge in [0.2, 0.25) is 0 Å². The lowest BCUT2D eigenvalue weighted by atomic mass is 10.1. The van der Waals surface area contributed by atoms with E-state index < -0.39 is 0 Å². The summed E-state index contributed by atoms with van der Waals surface area (Å²) in [6, 6.07) is 6.97. The van der Waals surface area contributed by atoms with Crippen molar-refractivity contribution >= 4 is 10.9 Å². The van der Waals surface area contributed by atoms with E-state index in [1.807, 2.05) is 26.0 Å². The molecule has 0 N–H and O–H groups in total. The Labute approximate surface area is 76.2 Å². The molecular formula is C11H10FN. The number of nitrogens with zero attached hydrogens (tertiary/aromatic N) is 1. The Hall–Kier alpha value is -1.44. The molecule has 1 heterocycles. The lowest BCUT2D eigenvalue weighted by molar-refractivity contribution is 0.636. The molecule has 0 atom stereocenters. The van der Waals surface area contributed by atoms with Gasteiger partial charge in [-0.1, -0.05) is 12.1 Å². The maximum absolute atomic E-state index is 13.2. The first-order valence-corrected chi connectivity index (χ1v) is 4.21. The van der Waals surface area contributed by atoms with E-state index in [-0.39, 0.29) is 5.82 Å². The Morgan fingerprint density at radius 2 is 2.00 bits per heavy atom. The molecule has 0 fully saturated rings. The topological polar surface area (TPSA) is 12.9 Å². The summed E-state index contributed by atoms with van der Waals surface area (Å²) in [6.45, 7) is 3.87. The first-order valence-electron chi connectivity index (χ1n) is 4.21. The van der Waals surface area contributed by atoms with Crippen molar-refractivity contribution in [2.75, 3.05) is 0 Å². The third-order valence-electron chi connectivity index (χ3n) is 2.24. The summed E-state index contributed by atoms with van der Waals surface area (Å²) in [5.41, 5.74) is 2.45. The summed E-state index contributed by atoms with van der Waals surface area (Å²) in [6.07, 6.45) is 0. The lowest BCUT2D eigenvalue weighted by Gasteiger charge is -2.02. The molecule has 0 unspecified atom stereocenters. The van der Waals surface area contributed by atoms with Crippen LogP contribution in [0.15, 0.2) is 24.3 Å². The van der Waals surface area contributed by atoms with Crippen LogP contribution in [-0.4, -0.2) is 4.98 Å². The van der Waals surface area contributed by atoms with Gasteiger partial charge < -0.3 is 0 Å². The summed E-state index contributed by atoms with van der Waals surface area (Å²) in [5, 5.41) is 0.864. The number of halogens is 1. The van der Waals surface area contributed by atoms with Crippen LogP contribution in [0, 0.1) is 19.7 Å². The lowest BCUT2D eigenvalue weighted by Crippen LogP contribution is -1.90. The van der Waals surface area contributed by atoms with Gasteiger partial charge in [-0.15, -0.1) is 0 Å². The van der Waals surface area contributed by atoms with Crippen molar-refractivity contribution in [3.63, 3.8) is 0 Å². The molecule has 1 aromatic heterocycles. The Kier molecular flexibility index (Phi) is 1.76. The average Bonchev–Trinajstić information content (AvgIpc) is 2.09. The number of benzene rings is 1. The van der Waals surface area contributed by atoms with Crippen LogP contribution in [0.2, 0.25) is 0 Å². The van der Waals surface area contributed by atoms with Crippen LogP contribution in [0.3, 0.4) is 0 Å². The molecule has 0 aliphatic rings. The van der Waals surface area contributed by atoms with E-state index in [2.05, 4.69) is 4.98 Å². The van der Waals surface area contributed by atoms with Crippen LogP contribution in [-0.2, 0) is 0 Å². The van der Waals surface area contributed by atoms with E-state index >= 15 is 0 Å². The summed E-state index contributed by atoms with van der Waals surface area (Å²) >= 11 is 0. The first kappa shape index (κ1) is 8.17. The van der Waals surface area contributed by atoms with Crippen molar-refractivity contribution < 1.29 is 4.39 Å². The molecule has 0 saturated carbocycles. The third-order valence-corrected chi connectivity index (χ3v) is 2.24. The quantitative estimate of drug-likeness (QED) is 0.599. The molecule has 66 valence electrons. The zero-order valence-corrected chi connectivity index (χ0v) is 7.63. The van der Waals surface area contributed by atoms with Crippen molar-refractivity contribution in [2.24, 2.45) is 0 Å². The summed E-state index contributed by atoms with van der Waals surface area (Å²) in [4.78, 5) is 4.20. The number of aromatic nitrogens is 1. The minimum absolute atomic E-state index is 0.249. The average molecular weight is 175 g/mol.